The first-order valence-corrected chi connectivity index (χ1v) is 14.0. The molecule has 38 heavy (non-hydrogen) atoms. The first-order chi connectivity index (χ1) is 17.8. The highest BCUT2D eigenvalue weighted by Crippen LogP contribution is 2.43. The number of carbonyl (C=O) groups is 1. The number of hydrogen-bond donors (Lipinski definition) is 2. The van der Waals surface area contributed by atoms with Gasteiger partial charge in [-0.15, -0.1) is 11.3 Å². The SMILES string of the molecule is COc1cc(C(=O)O)c(F)cc1NS(=O)(=O)c1csc(-c2ccc([C@H]3CC[C@@H](C)CC3)cc2C(F)(F)F)n1. The Morgan fingerprint density at radius 2 is 1.84 bits per heavy atom. The van der Waals surface area contributed by atoms with Gasteiger partial charge in [0.05, 0.1) is 23.9 Å². The second-order valence-electron chi connectivity index (χ2n) is 9.19. The Labute approximate surface area is 220 Å². The lowest BCUT2D eigenvalue weighted by molar-refractivity contribution is -0.137. The lowest BCUT2D eigenvalue weighted by Crippen LogP contribution is -2.15. The summed E-state index contributed by atoms with van der Waals surface area (Å²) in [5, 5.41) is 9.39. The molecule has 13 heteroatoms. The van der Waals surface area contributed by atoms with Gasteiger partial charge in [-0.1, -0.05) is 31.9 Å². The van der Waals surface area contributed by atoms with Crippen LogP contribution in [0.5, 0.6) is 5.75 Å². The number of benzene rings is 2. The van der Waals surface area contributed by atoms with Gasteiger partial charge in [0.2, 0.25) is 0 Å². The van der Waals surface area contributed by atoms with E-state index in [1.165, 1.54) is 6.07 Å². The van der Waals surface area contributed by atoms with Crippen LogP contribution in [0.25, 0.3) is 10.6 Å². The van der Waals surface area contributed by atoms with Gasteiger partial charge < -0.3 is 9.84 Å². The molecule has 0 atom stereocenters. The maximum Gasteiger partial charge on any atom is 0.417 e. The van der Waals surface area contributed by atoms with E-state index < -0.39 is 49.8 Å². The van der Waals surface area contributed by atoms with Gasteiger partial charge in [-0.2, -0.15) is 21.6 Å². The molecule has 1 aliphatic rings. The van der Waals surface area contributed by atoms with Gasteiger partial charge in [0.15, 0.2) is 5.03 Å². The average molecular weight is 573 g/mol. The summed E-state index contributed by atoms with van der Waals surface area (Å²) in [7, 11) is -3.36. The average Bonchev–Trinajstić information content (AvgIpc) is 3.35. The quantitative estimate of drug-likeness (QED) is 0.303. The molecule has 2 N–H and O–H groups in total. The number of sulfonamides is 1. The van der Waals surface area contributed by atoms with Crippen molar-refractivity contribution in [1.82, 2.24) is 4.98 Å². The Bertz CT molecular complexity index is 1460. The van der Waals surface area contributed by atoms with Crippen molar-refractivity contribution in [3.05, 3.63) is 58.2 Å². The highest BCUT2D eigenvalue weighted by atomic mass is 32.2. The lowest BCUT2D eigenvalue weighted by atomic mass is 9.79. The minimum absolute atomic E-state index is 0.0284. The summed E-state index contributed by atoms with van der Waals surface area (Å²) in [6, 6.07) is 5.53. The van der Waals surface area contributed by atoms with Crippen LogP contribution in [-0.2, 0) is 16.2 Å². The second-order valence-corrected chi connectivity index (χ2v) is 11.7. The third-order valence-corrected chi connectivity index (χ3v) is 8.86. The van der Waals surface area contributed by atoms with Crippen LogP contribution >= 0.6 is 11.3 Å². The number of ether oxygens (including phenoxy) is 1. The Morgan fingerprint density at radius 1 is 1.16 bits per heavy atom. The van der Waals surface area contributed by atoms with Crippen molar-refractivity contribution in [3.63, 3.8) is 0 Å². The molecule has 0 aliphatic heterocycles. The predicted molar refractivity (Wildman–Crippen MR) is 134 cm³/mol. The number of nitrogens with one attached hydrogen (secondary N) is 1. The number of alkyl halides is 3. The van der Waals surface area contributed by atoms with E-state index in [4.69, 9.17) is 9.84 Å². The van der Waals surface area contributed by atoms with Crippen LogP contribution in [0.2, 0.25) is 0 Å². The molecule has 0 saturated heterocycles. The summed E-state index contributed by atoms with van der Waals surface area (Å²) in [5.41, 5.74) is -1.67. The van der Waals surface area contributed by atoms with Crippen molar-refractivity contribution in [3.8, 4) is 16.3 Å². The minimum atomic E-state index is -4.69. The Hall–Kier alpha value is -3.19. The van der Waals surface area contributed by atoms with Gasteiger partial charge in [0.25, 0.3) is 10.0 Å². The monoisotopic (exact) mass is 572 g/mol. The molecule has 1 aromatic heterocycles. The number of anilines is 1. The predicted octanol–water partition coefficient (Wildman–Crippen LogP) is 6.77. The van der Waals surface area contributed by atoms with Crippen LogP contribution in [0.1, 0.15) is 60.0 Å². The zero-order valence-electron chi connectivity index (χ0n) is 20.3. The first kappa shape index (κ1) is 27.8. The van der Waals surface area contributed by atoms with Crippen molar-refractivity contribution in [1.29, 1.82) is 0 Å². The van der Waals surface area contributed by atoms with Crippen LogP contribution in [-0.4, -0.2) is 31.6 Å². The van der Waals surface area contributed by atoms with E-state index in [2.05, 4.69) is 16.6 Å². The fraction of sp³-hybridized carbons (Fsp3) is 0.360. The van der Waals surface area contributed by atoms with E-state index in [-0.39, 0.29) is 22.2 Å². The summed E-state index contributed by atoms with van der Waals surface area (Å²) >= 11 is 0.718. The molecule has 204 valence electrons. The van der Waals surface area contributed by atoms with Gasteiger partial charge >= 0.3 is 12.1 Å². The number of hydrogen-bond acceptors (Lipinski definition) is 6. The fourth-order valence-electron chi connectivity index (χ4n) is 4.50. The molecule has 0 amide bonds. The number of thiazole rings is 1. The van der Waals surface area contributed by atoms with Crippen LogP contribution in [0.3, 0.4) is 0 Å². The van der Waals surface area contributed by atoms with Gasteiger partial charge in [-0.3, -0.25) is 4.72 Å². The zero-order valence-corrected chi connectivity index (χ0v) is 21.9. The third-order valence-electron chi connectivity index (χ3n) is 6.59. The van der Waals surface area contributed by atoms with E-state index >= 15 is 0 Å². The van der Waals surface area contributed by atoms with E-state index in [1.807, 2.05) is 0 Å². The van der Waals surface area contributed by atoms with E-state index in [9.17, 15) is 30.8 Å². The van der Waals surface area contributed by atoms with Crippen LogP contribution < -0.4 is 9.46 Å². The van der Waals surface area contributed by atoms with Gasteiger partial charge in [-0.25, -0.2) is 14.2 Å². The molecule has 2 aromatic carbocycles. The van der Waals surface area contributed by atoms with Crippen molar-refractivity contribution in [2.24, 2.45) is 5.92 Å². The summed E-state index contributed by atoms with van der Waals surface area (Å²) in [4.78, 5) is 15.1. The molecular formula is C25H24F4N2O5S2. The van der Waals surface area contributed by atoms with E-state index in [0.717, 1.165) is 61.6 Å². The summed E-state index contributed by atoms with van der Waals surface area (Å²) < 4.78 is 89.2. The number of rotatable bonds is 7. The topological polar surface area (TPSA) is 106 Å². The molecule has 1 fully saturated rings. The van der Waals surface area contributed by atoms with Crippen LogP contribution in [0.15, 0.2) is 40.7 Å². The van der Waals surface area contributed by atoms with Crippen LogP contribution in [0, 0.1) is 11.7 Å². The zero-order chi connectivity index (χ0) is 27.8. The second kappa shape index (κ2) is 10.5. The number of halogens is 4. The van der Waals surface area contributed by atoms with Gasteiger partial charge in [-0.05, 0) is 42.4 Å². The summed E-state index contributed by atoms with van der Waals surface area (Å²) in [6.07, 6.45) is -1.18. The Balaban J connectivity index is 1.66. The summed E-state index contributed by atoms with van der Waals surface area (Å²) in [6.45, 7) is 2.13. The molecule has 0 unspecified atom stereocenters. The van der Waals surface area contributed by atoms with Crippen molar-refractivity contribution in [2.75, 3.05) is 11.8 Å². The van der Waals surface area contributed by atoms with E-state index in [0.29, 0.717) is 17.5 Å². The maximum atomic E-state index is 14.2. The van der Waals surface area contributed by atoms with Gasteiger partial charge in [0.1, 0.15) is 16.6 Å². The number of methoxy groups -OCH3 is 1. The normalized spacial score (nSPS) is 18.3. The molecule has 0 radical (unpaired) electrons. The number of carboxylic acids is 1. The summed E-state index contributed by atoms with van der Waals surface area (Å²) in [5.74, 6) is -2.49. The number of carboxylic acid groups (broad SMARTS) is 1. The Kier molecular flexibility index (Phi) is 7.71. The fourth-order valence-corrected chi connectivity index (χ4v) is 6.69. The molecule has 1 heterocycles. The van der Waals surface area contributed by atoms with Crippen LogP contribution in [0.4, 0.5) is 23.2 Å². The van der Waals surface area contributed by atoms with Crippen molar-refractivity contribution < 1.29 is 40.6 Å². The first-order valence-electron chi connectivity index (χ1n) is 11.6. The van der Waals surface area contributed by atoms with Crippen molar-refractivity contribution in [2.45, 2.75) is 49.7 Å². The molecule has 1 saturated carbocycles. The lowest BCUT2D eigenvalue weighted by Gasteiger charge is -2.27. The van der Waals surface area contributed by atoms with E-state index in [1.54, 1.807) is 6.07 Å². The molecular weight excluding hydrogens is 548 g/mol. The number of nitrogens with zero attached hydrogens (tertiary/aromatic N) is 1. The third kappa shape index (κ3) is 5.78. The molecule has 0 bridgehead atoms. The standard InChI is InChI=1S/C25H24F4N2O5S2/c1-13-3-5-14(6-4-13)15-7-8-16(18(9-15)25(27,28)29)23-30-22(12-37-23)38(34,35)31-20-11-19(26)17(24(32)33)10-21(20)36-2/h7-14,31H,3-6H2,1-2H3,(H,32,33)/t13-,14+. The number of aromatic nitrogens is 1. The Morgan fingerprint density at radius 3 is 2.45 bits per heavy atom. The minimum Gasteiger partial charge on any atom is -0.495 e. The molecule has 3 aromatic rings. The molecule has 0 spiro atoms. The maximum absolute atomic E-state index is 14.2. The molecule has 7 nitrogen and oxygen atoms in total. The highest BCUT2D eigenvalue weighted by molar-refractivity contribution is 7.92. The highest BCUT2D eigenvalue weighted by Gasteiger charge is 2.36. The largest absolute Gasteiger partial charge is 0.495 e. The smallest absolute Gasteiger partial charge is 0.417 e. The van der Waals surface area contributed by atoms with Crippen molar-refractivity contribution >= 4 is 33.0 Å². The molecule has 4 rings (SSSR count). The van der Waals surface area contributed by atoms with Gasteiger partial charge in [0, 0.05) is 17.0 Å². The molecule has 1 aliphatic carbocycles. The number of aromatic carboxylic acids is 1.